The van der Waals surface area contributed by atoms with E-state index in [1.165, 1.54) is 23.1 Å². The molecule has 0 bridgehead atoms. The molecular formula is C24H20Cl2FNO6. The molecule has 34 heavy (non-hydrogen) atoms. The van der Waals surface area contributed by atoms with Gasteiger partial charge in [0.05, 0.1) is 10.9 Å². The summed E-state index contributed by atoms with van der Waals surface area (Å²) in [7, 11) is 0. The Kier molecular flexibility index (Phi) is 6.81. The molecule has 10 heteroatoms. The van der Waals surface area contributed by atoms with Gasteiger partial charge in [0.15, 0.2) is 6.10 Å². The molecule has 178 valence electrons. The number of benzene rings is 2. The number of carbonyl (C=O) groups is 2. The largest absolute Gasteiger partial charge is 0.481 e. The van der Waals surface area contributed by atoms with E-state index < -0.39 is 29.4 Å². The second kappa shape index (κ2) is 9.64. The van der Waals surface area contributed by atoms with Crippen LogP contribution in [0.25, 0.3) is 22.1 Å². The number of amides is 1. The van der Waals surface area contributed by atoms with E-state index in [4.69, 9.17) is 32.4 Å². The van der Waals surface area contributed by atoms with Crippen LogP contribution < -0.4 is 10.4 Å². The molecule has 4 rings (SSSR count). The van der Waals surface area contributed by atoms with Crippen molar-refractivity contribution in [2.45, 2.75) is 25.9 Å². The van der Waals surface area contributed by atoms with E-state index in [1.807, 2.05) is 0 Å². The molecule has 7 nitrogen and oxygen atoms in total. The lowest BCUT2D eigenvalue weighted by Crippen LogP contribution is -2.47. The number of hydrogen-bond acceptors (Lipinski definition) is 5. The zero-order valence-electron chi connectivity index (χ0n) is 18.0. The van der Waals surface area contributed by atoms with Crippen LogP contribution in [0.4, 0.5) is 4.39 Å². The summed E-state index contributed by atoms with van der Waals surface area (Å²) in [5.41, 5.74) is -0.00685. The first-order valence-electron chi connectivity index (χ1n) is 10.6. The minimum atomic E-state index is -0.925. The number of carboxylic acid groups (broad SMARTS) is 1. The number of piperidine rings is 1. The lowest BCUT2D eigenvalue weighted by molar-refractivity contribution is -0.147. The highest BCUT2D eigenvalue weighted by atomic mass is 35.5. The van der Waals surface area contributed by atoms with Gasteiger partial charge in [0.2, 0.25) is 0 Å². The topological polar surface area (TPSA) is 97.0 Å². The van der Waals surface area contributed by atoms with Gasteiger partial charge in [-0.05, 0) is 50.1 Å². The van der Waals surface area contributed by atoms with Crippen LogP contribution in [0.15, 0.2) is 45.6 Å². The Balaban J connectivity index is 1.63. The monoisotopic (exact) mass is 507 g/mol. The molecule has 3 aromatic rings. The summed E-state index contributed by atoms with van der Waals surface area (Å²) < 4.78 is 24.6. The van der Waals surface area contributed by atoms with Gasteiger partial charge in [0.1, 0.15) is 22.2 Å². The molecule has 2 heterocycles. The van der Waals surface area contributed by atoms with E-state index in [0.717, 1.165) is 6.07 Å². The standard InChI is InChI=1S/C24H20Cl2FNO6/c1-12(22(29)28-8-2-3-13(11-28)23(30)31)33-15-5-7-17-19(10-15)34-24(32)21(26)20(17)16-6-4-14(27)9-18(16)25/h4-7,9-10,12-13H,2-3,8,11H2,1H3,(H,30,31)/t12-,13+/m1/s1. The van der Waals surface area contributed by atoms with Gasteiger partial charge in [-0.2, -0.15) is 0 Å². The number of nitrogens with zero attached hydrogens (tertiary/aromatic N) is 1. The number of fused-ring (bicyclic) bond motifs is 1. The van der Waals surface area contributed by atoms with Gasteiger partial charge < -0.3 is 19.2 Å². The minimum Gasteiger partial charge on any atom is -0.481 e. The fourth-order valence-corrected chi connectivity index (χ4v) is 4.58. The summed E-state index contributed by atoms with van der Waals surface area (Å²) in [6, 6.07) is 8.39. The van der Waals surface area contributed by atoms with Crippen molar-refractivity contribution in [3.63, 3.8) is 0 Å². The molecule has 1 aliphatic rings. The summed E-state index contributed by atoms with van der Waals surface area (Å²) in [6.07, 6.45) is 0.239. The molecular weight excluding hydrogens is 488 g/mol. The maximum absolute atomic E-state index is 13.5. The SMILES string of the molecule is C[C@@H](Oc1ccc2c(-c3ccc(F)cc3Cl)c(Cl)c(=O)oc2c1)C(=O)N1CCC[C@H](C(=O)O)C1. The third-order valence-corrected chi connectivity index (χ3v) is 6.42. The number of likely N-dealkylation sites (tertiary alicyclic amines) is 1. The van der Waals surface area contributed by atoms with Gasteiger partial charge in [0.25, 0.3) is 5.91 Å². The van der Waals surface area contributed by atoms with Crippen molar-refractivity contribution in [1.29, 1.82) is 0 Å². The summed E-state index contributed by atoms with van der Waals surface area (Å²) in [5, 5.41) is 9.58. The Morgan fingerprint density at radius 1 is 1.24 bits per heavy atom. The third kappa shape index (κ3) is 4.74. The van der Waals surface area contributed by atoms with Gasteiger partial charge in [-0.15, -0.1) is 0 Å². The first-order valence-corrected chi connectivity index (χ1v) is 11.3. The molecule has 0 radical (unpaired) electrons. The lowest BCUT2D eigenvalue weighted by Gasteiger charge is -2.32. The van der Waals surface area contributed by atoms with E-state index in [0.29, 0.717) is 35.9 Å². The zero-order valence-corrected chi connectivity index (χ0v) is 19.5. The molecule has 1 N–H and O–H groups in total. The number of hydrogen-bond donors (Lipinski definition) is 1. The van der Waals surface area contributed by atoms with Crippen molar-refractivity contribution in [1.82, 2.24) is 4.90 Å². The van der Waals surface area contributed by atoms with Crippen LogP contribution in [-0.4, -0.2) is 41.1 Å². The molecule has 0 unspecified atom stereocenters. The van der Waals surface area contributed by atoms with Crippen LogP contribution >= 0.6 is 23.2 Å². The van der Waals surface area contributed by atoms with Gasteiger partial charge in [0, 0.05) is 35.7 Å². The molecule has 1 aromatic heterocycles. The Labute approximate surface area is 203 Å². The smallest absolute Gasteiger partial charge is 0.355 e. The molecule has 1 aliphatic heterocycles. The average molecular weight is 508 g/mol. The van der Waals surface area contributed by atoms with Gasteiger partial charge in [-0.25, -0.2) is 9.18 Å². The fraction of sp³-hybridized carbons (Fsp3) is 0.292. The minimum absolute atomic E-state index is 0.0783. The van der Waals surface area contributed by atoms with E-state index in [-0.39, 0.29) is 33.8 Å². The number of aliphatic carboxylic acids is 1. The Hall–Kier alpha value is -3.10. The first-order chi connectivity index (χ1) is 16.2. The van der Waals surface area contributed by atoms with Crippen molar-refractivity contribution in [2.24, 2.45) is 5.92 Å². The summed E-state index contributed by atoms with van der Waals surface area (Å²) in [4.78, 5) is 38.0. The van der Waals surface area contributed by atoms with E-state index in [1.54, 1.807) is 19.1 Å². The highest BCUT2D eigenvalue weighted by Gasteiger charge is 2.31. The van der Waals surface area contributed by atoms with Crippen molar-refractivity contribution >= 4 is 46.0 Å². The van der Waals surface area contributed by atoms with Gasteiger partial charge >= 0.3 is 11.6 Å². The Morgan fingerprint density at radius 3 is 2.71 bits per heavy atom. The third-order valence-electron chi connectivity index (χ3n) is 5.77. The zero-order chi connectivity index (χ0) is 24.6. The van der Waals surface area contributed by atoms with Crippen molar-refractivity contribution in [3.05, 3.63) is 62.7 Å². The second-order valence-electron chi connectivity index (χ2n) is 8.08. The van der Waals surface area contributed by atoms with Crippen molar-refractivity contribution in [3.8, 4) is 16.9 Å². The van der Waals surface area contributed by atoms with Crippen LogP contribution in [0.5, 0.6) is 5.75 Å². The second-order valence-corrected chi connectivity index (χ2v) is 8.87. The average Bonchev–Trinajstić information content (AvgIpc) is 2.80. The summed E-state index contributed by atoms with van der Waals surface area (Å²) >= 11 is 12.4. The van der Waals surface area contributed by atoms with Crippen molar-refractivity contribution < 1.29 is 28.2 Å². The lowest BCUT2D eigenvalue weighted by atomic mass is 9.98. The highest BCUT2D eigenvalue weighted by Crippen LogP contribution is 2.38. The molecule has 1 saturated heterocycles. The molecule has 0 saturated carbocycles. The van der Waals surface area contributed by atoms with Crippen LogP contribution in [0, 0.1) is 11.7 Å². The van der Waals surface area contributed by atoms with Crippen LogP contribution in [-0.2, 0) is 9.59 Å². The number of halogens is 3. The summed E-state index contributed by atoms with van der Waals surface area (Å²) in [5.74, 6) is -2.12. The molecule has 0 spiro atoms. The first kappa shape index (κ1) is 24.0. The number of ether oxygens (including phenoxy) is 1. The maximum atomic E-state index is 13.5. The Morgan fingerprint density at radius 2 is 2.00 bits per heavy atom. The Bertz CT molecular complexity index is 1340. The maximum Gasteiger partial charge on any atom is 0.355 e. The number of carbonyl (C=O) groups excluding carboxylic acids is 1. The van der Waals surface area contributed by atoms with E-state index in [2.05, 4.69) is 0 Å². The van der Waals surface area contributed by atoms with E-state index >= 15 is 0 Å². The van der Waals surface area contributed by atoms with Crippen LogP contribution in [0.2, 0.25) is 10.0 Å². The normalized spacial score (nSPS) is 16.9. The molecule has 0 aliphatic carbocycles. The molecule has 2 atom stereocenters. The fourth-order valence-electron chi connectivity index (χ4n) is 4.08. The predicted octanol–water partition coefficient (Wildman–Crippen LogP) is 5.00. The molecule has 1 amide bonds. The van der Waals surface area contributed by atoms with E-state index in [9.17, 15) is 23.9 Å². The van der Waals surface area contributed by atoms with Crippen molar-refractivity contribution in [2.75, 3.05) is 13.1 Å². The highest BCUT2D eigenvalue weighted by molar-refractivity contribution is 6.37. The predicted molar refractivity (Wildman–Crippen MR) is 125 cm³/mol. The molecule has 2 aromatic carbocycles. The summed E-state index contributed by atoms with van der Waals surface area (Å²) in [6.45, 7) is 2.16. The number of rotatable bonds is 5. The number of carboxylic acids is 1. The molecule has 1 fully saturated rings. The van der Waals surface area contributed by atoms with Gasteiger partial charge in [-0.3, -0.25) is 9.59 Å². The van der Waals surface area contributed by atoms with Gasteiger partial charge in [-0.1, -0.05) is 23.2 Å². The quantitative estimate of drug-likeness (QED) is 0.488. The van der Waals surface area contributed by atoms with Crippen LogP contribution in [0.3, 0.4) is 0 Å². The van der Waals surface area contributed by atoms with Crippen LogP contribution in [0.1, 0.15) is 19.8 Å².